The lowest BCUT2D eigenvalue weighted by molar-refractivity contribution is -0.141. The number of hydrogen-bond donors (Lipinski definition) is 0. The van der Waals surface area contributed by atoms with Crippen molar-refractivity contribution in [2.45, 2.75) is 58.5 Å². The second-order valence-electron chi connectivity index (χ2n) is 8.51. The summed E-state index contributed by atoms with van der Waals surface area (Å²) in [5, 5.41) is 0. The Bertz CT molecular complexity index is 777. The zero-order chi connectivity index (χ0) is 21.1. The molecule has 8 nitrogen and oxygen atoms in total. The number of aliphatic imine (C=N–C) groups is 2. The summed E-state index contributed by atoms with van der Waals surface area (Å²) in [4.78, 5) is 24.7. The maximum absolute atomic E-state index is 10.8. The SMILES string of the molecule is CC(=O)OCCCCOc1cc(C2=NC(C)(C)CO2)nc(C2=NC(C)(C)CO2)c1. The van der Waals surface area contributed by atoms with Crippen LogP contribution in [0, 0.1) is 0 Å². The van der Waals surface area contributed by atoms with E-state index in [1.54, 1.807) is 0 Å². The van der Waals surface area contributed by atoms with Gasteiger partial charge in [0.15, 0.2) is 0 Å². The molecule has 1 aromatic rings. The Morgan fingerprint density at radius 2 is 1.48 bits per heavy atom. The van der Waals surface area contributed by atoms with Crippen LogP contribution in [-0.4, -0.2) is 60.3 Å². The van der Waals surface area contributed by atoms with Crippen molar-refractivity contribution < 1.29 is 23.7 Å². The molecule has 0 unspecified atom stereocenters. The summed E-state index contributed by atoms with van der Waals surface area (Å²) < 4.78 is 22.4. The highest BCUT2D eigenvalue weighted by atomic mass is 16.5. The molecule has 2 aliphatic rings. The van der Waals surface area contributed by atoms with Crippen LogP contribution >= 0.6 is 0 Å². The number of pyridine rings is 1. The number of rotatable bonds is 8. The summed E-state index contributed by atoms with van der Waals surface area (Å²) in [6.45, 7) is 11.3. The Kier molecular flexibility index (Phi) is 6.10. The van der Waals surface area contributed by atoms with Gasteiger partial charge >= 0.3 is 5.97 Å². The summed E-state index contributed by atoms with van der Waals surface area (Å²) in [7, 11) is 0. The zero-order valence-corrected chi connectivity index (χ0v) is 17.8. The average molecular weight is 403 g/mol. The van der Waals surface area contributed by atoms with Gasteiger partial charge in [-0.25, -0.2) is 15.0 Å². The van der Waals surface area contributed by atoms with E-state index in [-0.39, 0.29) is 17.0 Å². The van der Waals surface area contributed by atoms with Crippen LogP contribution in [-0.2, 0) is 19.0 Å². The van der Waals surface area contributed by atoms with Crippen molar-refractivity contribution in [3.63, 3.8) is 0 Å². The highest BCUT2D eigenvalue weighted by Crippen LogP contribution is 2.25. The van der Waals surface area contributed by atoms with E-state index in [2.05, 4.69) is 15.0 Å². The van der Waals surface area contributed by atoms with Gasteiger partial charge in [0.05, 0.1) is 24.3 Å². The van der Waals surface area contributed by atoms with Crippen LogP contribution in [0.25, 0.3) is 0 Å². The maximum Gasteiger partial charge on any atom is 0.302 e. The number of aromatic nitrogens is 1. The van der Waals surface area contributed by atoms with Crippen LogP contribution in [0.1, 0.15) is 58.8 Å². The minimum Gasteiger partial charge on any atom is -0.493 e. The number of esters is 1. The highest BCUT2D eigenvalue weighted by molar-refractivity contribution is 5.98. The summed E-state index contributed by atoms with van der Waals surface area (Å²) in [6.07, 6.45) is 1.49. The van der Waals surface area contributed by atoms with Crippen molar-refractivity contribution in [3.05, 3.63) is 23.5 Å². The topological polar surface area (TPSA) is 91.6 Å². The third-order valence-corrected chi connectivity index (χ3v) is 4.28. The molecular formula is C21H29N3O5. The van der Waals surface area contributed by atoms with Crippen LogP contribution in [0.5, 0.6) is 5.75 Å². The van der Waals surface area contributed by atoms with Crippen molar-refractivity contribution >= 4 is 17.8 Å². The minimum absolute atomic E-state index is 0.269. The molecule has 0 fully saturated rings. The molecule has 1 aromatic heterocycles. The first-order valence-electron chi connectivity index (χ1n) is 9.88. The third kappa shape index (κ3) is 5.92. The first-order valence-corrected chi connectivity index (χ1v) is 9.88. The standard InChI is InChI=1S/C21H29N3O5/c1-14(25)26-8-6-7-9-27-15-10-16(18-23-20(2,3)12-28-18)22-17(11-15)19-24-21(4,5)13-29-19/h10-11H,6-9,12-13H2,1-5H3. The predicted octanol–water partition coefficient (Wildman–Crippen LogP) is 2.91. The molecule has 0 atom stereocenters. The zero-order valence-electron chi connectivity index (χ0n) is 17.8. The molecule has 0 N–H and O–H groups in total. The first kappa shape index (κ1) is 21.1. The molecule has 0 bridgehead atoms. The van der Waals surface area contributed by atoms with Crippen LogP contribution in [0.15, 0.2) is 22.1 Å². The van der Waals surface area contributed by atoms with Gasteiger partial charge in [0.2, 0.25) is 11.8 Å². The fourth-order valence-corrected chi connectivity index (χ4v) is 2.85. The lowest BCUT2D eigenvalue weighted by Gasteiger charge is -2.10. The normalized spacial score (nSPS) is 19.1. The summed E-state index contributed by atoms with van der Waals surface area (Å²) >= 11 is 0. The second kappa shape index (κ2) is 8.39. The molecule has 0 saturated carbocycles. The molecule has 8 heteroatoms. The van der Waals surface area contributed by atoms with Crippen molar-refractivity contribution in [2.75, 3.05) is 26.4 Å². The minimum atomic E-state index is -0.284. The van der Waals surface area contributed by atoms with Crippen LogP contribution in [0.2, 0.25) is 0 Å². The highest BCUT2D eigenvalue weighted by Gasteiger charge is 2.31. The summed E-state index contributed by atoms with van der Waals surface area (Å²) in [5.74, 6) is 1.36. The van der Waals surface area contributed by atoms with Crippen LogP contribution in [0.4, 0.5) is 0 Å². The molecule has 2 aliphatic heterocycles. The number of ether oxygens (including phenoxy) is 4. The first-order chi connectivity index (χ1) is 13.6. The molecule has 0 spiro atoms. The molecule has 0 saturated heterocycles. The maximum atomic E-state index is 10.8. The number of unbranched alkanes of at least 4 members (excludes halogenated alkanes) is 1. The van der Waals surface area contributed by atoms with Gasteiger partial charge in [-0.15, -0.1) is 0 Å². The summed E-state index contributed by atoms with van der Waals surface area (Å²) in [5.41, 5.74) is 0.625. The van der Waals surface area contributed by atoms with Crippen molar-refractivity contribution in [1.29, 1.82) is 0 Å². The molecule has 3 rings (SSSR count). The smallest absolute Gasteiger partial charge is 0.302 e. The van der Waals surface area contributed by atoms with E-state index in [0.717, 1.165) is 12.8 Å². The van der Waals surface area contributed by atoms with E-state index >= 15 is 0 Å². The Balaban J connectivity index is 1.76. The quantitative estimate of drug-likeness (QED) is 0.490. The van der Waals surface area contributed by atoms with E-state index in [0.29, 0.717) is 55.4 Å². The average Bonchev–Trinajstić information content (AvgIpc) is 3.19. The van der Waals surface area contributed by atoms with Gasteiger partial charge in [-0.1, -0.05) is 0 Å². The van der Waals surface area contributed by atoms with Gasteiger partial charge in [-0.2, -0.15) is 0 Å². The van der Waals surface area contributed by atoms with Gasteiger partial charge < -0.3 is 18.9 Å². The Morgan fingerprint density at radius 1 is 0.966 bits per heavy atom. The van der Waals surface area contributed by atoms with E-state index in [9.17, 15) is 4.79 Å². The van der Waals surface area contributed by atoms with Crippen LogP contribution in [0.3, 0.4) is 0 Å². The number of nitrogens with zero attached hydrogens (tertiary/aromatic N) is 3. The Labute approximate surface area is 171 Å². The Morgan fingerprint density at radius 3 is 1.93 bits per heavy atom. The van der Waals surface area contributed by atoms with Gasteiger partial charge in [-0.3, -0.25) is 4.79 Å². The lowest BCUT2D eigenvalue weighted by atomic mass is 10.1. The molecular weight excluding hydrogens is 374 g/mol. The largest absolute Gasteiger partial charge is 0.493 e. The van der Waals surface area contributed by atoms with Gasteiger partial charge in [0.1, 0.15) is 30.4 Å². The molecule has 3 heterocycles. The van der Waals surface area contributed by atoms with E-state index < -0.39 is 0 Å². The number of hydrogen-bond acceptors (Lipinski definition) is 8. The fraction of sp³-hybridized carbons (Fsp3) is 0.619. The van der Waals surface area contributed by atoms with E-state index in [4.69, 9.17) is 18.9 Å². The Hall–Kier alpha value is -2.64. The van der Waals surface area contributed by atoms with Crippen molar-refractivity contribution in [2.24, 2.45) is 9.98 Å². The predicted molar refractivity (Wildman–Crippen MR) is 109 cm³/mol. The van der Waals surface area contributed by atoms with Crippen molar-refractivity contribution in [3.8, 4) is 5.75 Å². The molecule has 0 aromatic carbocycles. The monoisotopic (exact) mass is 403 g/mol. The fourth-order valence-electron chi connectivity index (χ4n) is 2.85. The number of carbonyl (C=O) groups excluding carboxylic acids is 1. The van der Waals surface area contributed by atoms with Gasteiger partial charge in [-0.05, 0) is 40.5 Å². The van der Waals surface area contributed by atoms with E-state index in [1.807, 2.05) is 39.8 Å². The molecule has 29 heavy (non-hydrogen) atoms. The molecule has 158 valence electrons. The molecule has 0 amide bonds. The van der Waals surface area contributed by atoms with Crippen LogP contribution < -0.4 is 4.74 Å². The van der Waals surface area contributed by atoms with Crippen molar-refractivity contribution in [1.82, 2.24) is 4.98 Å². The lowest BCUT2D eigenvalue weighted by Crippen LogP contribution is -2.17. The number of carbonyl (C=O) groups is 1. The molecule has 0 radical (unpaired) electrons. The summed E-state index contributed by atoms with van der Waals surface area (Å²) in [6, 6.07) is 3.63. The molecule has 0 aliphatic carbocycles. The second-order valence-corrected chi connectivity index (χ2v) is 8.51. The third-order valence-electron chi connectivity index (χ3n) is 4.28. The van der Waals surface area contributed by atoms with E-state index in [1.165, 1.54) is 6.92 Å². The van der Waals surface area contributed by atoms with Gasteiger partial charge in [0, 0.05) is 19.1 Å². The van der Waals surface area contributed by atoms with Gasteiger partial charge in [0.25, 0.3) is 0 Å².